The number of piperazine rings is 1. The lowest BCUT2D eigenvalue weighted by Gasteiger charge is -2.30. The highest BCUT2D eigenvalue weighted by Crippen LogP contribution is 2.28. The fourth-order valence-corrected chi connectivity index (χ4v) is 3.01. The number of rotatable bonds is 2. The Bertz CT molecular complexity index is 327. The lowest BCUT2D eigenvalue weighted by molar-refractivity contribution is -0.146. The number of carbonyl (C=O) groups is 2. The third-order valence-electron chi connectivity index (χ3n) is 4.41. The topological polar surface area (TPSA) is 61.4 Å². The Hall–Kier alpha value is -1.10. The largest absolute Gasteiger partial charge is 0.348 e. The molecule has 2 aliphatic rings. The Morgan fingerprint density at radius 2 is 1.89 bits per heavy atom. The Balaban J connectivity index is 1.75. The zero-order valence-electron chi connectivity index (χ0n) is 11.8. The number of nitrogens with zero attached hydrogens (tertiary/aromatic N) is 1. The predicted molar refractivity (Wildman–Crippen MR) is 73.6 cm³/mol. The first kappa shape index (κ1) is 14.3. The van der Waals surface area contributed by atoms with Crippen molar-refractivity contribution in [1.82, 2.24) is 15.5 Å². The van der Waals surface area contributed by atoms with Gasteiger partial charge in [-0.1, -0.05) is 26.2 Å². The molecule has 2 amide bonds. The zero-order chi connectivity index (χ0) is 13.7. The molecule has 0 spiro atoms. The molecule has 0 aromatic rings. The smallest absolute Gasteiger partial charge is 0.311 e. The van der Waals surface area contributed by atoms with Crippen LogP contribution in [0.5, 0.6) is 0 Å². The molecule has 0 bridgehead atoms. The molecule has 0 aromatic carbocycles. The van der Waals surface area contributed by atoms with Crippen molar-refractivity contribution in [2.45, 2.75) is 32.6 Å². The van der Waals surface area contributed by atoms with Gasteiger partial charge in [-0.3, -0.25) is 9.59 Å². The van der Waals surface area contributed by atoms with Crippen molar-refractivity contribution in [3.63, 3.8) is 0 Å². The molecule has 2 N–H and O–H groups in total. The first-order chi connectivity index (χ1) is 9.18. The summed E-state index contributed by atoms with van der Waals surface area (Å²) in [5.41, 5.74) is 0. The van der Waals surface area contributed by atoms with Gasteiger partial charge in [-0.2, -0.15) is 0 Å². The van der Waals surface area contributed by atoms with Crippen LogP contribution in [0.3, 0.4) is 0 Å². The van der Waals surface area contributed by atoms with E-state index in [0.29, 0.717) is 31.5 Å². The summed E-state index contributed by atoms with van der Waals surface area (Å²) in [6, 6.07) is 0. The van der Waals surface area contributed by atoms with Gasteiger partial charge in [0.1, 0.15) is 0 Å². The predicted octanol–water partition coefficient (Wildman–Crippen LogP) is 0.361. The molecule has 1 heterocycles. The fraction of sp³-hybridized carbons (Fsp3) is 0.857. The molecule has 2 rings (SSSR count). The van der Waals surface area contributed by atoms with Crippen LogP contribution in [-0.2, 0) is 9.59 Å². The lowest BCUT2D eigenvalue weighted by Crippen LogP contribution is -2.51. The molecular formula is C14H25N3O2. The molecule has 2 atom stereocenters. The van der Waals surface area contributed by atoms with E-state index in [1.54, 1.807) is 4.90 Å². The van der Waals surface area contributed by atoms with E-state index in [9.17, 15) is 9.59 Å². The normalized spacial score (nSPS) is 27.9. The molecule has 19 heavy (non-hydrogen) atoms. The van der Waals surface area contributed by atoms with Gasteiger partial charge in [0, 0.05) is 32.7 Å². The fourth-order valence-electron chi connectivity index (χ4n) is 3.01. The molecule has 0 aromatic heterocycles. The highest BCUT2D eigenvalue weighted by atomic mass is 16.2. The highest BCUT2D eigenvalue weighted by Gasteiger charge is 2.26. The molecule has 1 aliphatic carbocycles. The minimum Gasteiger partial charge on any atom is -0.348 e. The highest BCUT2D eigenvalue weighted by molar-refractivity contribution is 6.35. The quantitative estimate of drug-likeness (QED) is 0.710. The van der Waals surface area contributed by atoms with Crippen LogP contribution in [0.25, 0.3) is 0 Å². The van der Waals surface area contributed by atoms with Crippen LogP contribution < -0.4 is 10.6 Å². The molecule has 5 heteroatoms. The van der Waals surface area contributed by atoms with Gasteiger partial charge >= 0.3 is 11.8 Å². The number of hydrogen-bond donors (Lipinski definition) is 2. The summed E-state index contributed by atoms with van der Waals surface area (Å²) >= 11 is 0. The number of hydrogen-bond acceptors (Lipinski definition) is 3. The van der Waals surface area contributed by atoms with Gasteiger partial charge in [0.15, 0.2) is 0 Å². The van der Waals surface area contributed by atoms with Gasteiger partial charge in [0.2, 0.25) is 0 Å². The summed E-state index contributed by atoms with van der Waals surface area (Å²) in [7, 11) is 0. The van der Waals surface area contributed by atoms with Gasteiger partial charge in [-0.25, -0.2) is 0 Å². The van der Waals surface area contributed by atoms with Crippen LogP contribution in [0.4, 0.5) is 0 Å². The van der Waals surface area contributed by atoms with Crippen molar-refractivity contribution in [2.75, 3.05) is 32.7 Å². The number of nitrogens with one attached hydrogen (secondary N) is 2. The molecule has 2 fully saturated rings. The average Bonchev–Trinajstić information content (AvgIpc) is 2.46. The van der Waals surface area contributed by atoms with Gasteiger partial charge in [-0.05, 0) is 18.3 Å². The maximum absolute atomic E-state index is 11.9. The van der Waals surface area contributed by atoms with Crippen LogP contribution in [0.1, 0.15) is 32.6 Å². The standard InChI is InChI=1S/C14H25N3O2/c1-11-4-2-3-5-12(11)10-16-13(18)14(19)17-8-6-15-7-9-17/h11-12,15H,2-10H2,1H3,(H,16,18). The van der Waals surface area contributed by atoms with Gasteiger partial charge in [0.25, 0.3) is 0 Å². The number of carbonyl (C=O) groups excluding carboxylic acids is 2. The summed E-state index contributed by atoms with van der Waals surface area (Å²) in [5, 5.41) is 6.00. The minimum absolute atomic E-state index is 0.370. The molecule has 5 nitrogen and oxygen atoms in total. The van der Waals surface area contributed by atoms with E-state index in [-0.39, 0.29) is 5.91 Å². The molecule has 1 saturated carbocycles. The summed E-state index contributed by atoms with van der Waals surface area (Å²) in [5.74, 6) is 0.390. The Morgan fingerprint density at radius 1 is 1.21 bits per heavy atom. The molecular weight excluding hydrogens is 242 g/mol. The maximum Gasteiger partial charge on any atom is 0.311 e. The van der Waals surface area contributed by atoms with Crippen LogP contribution in [0.15, 0.2) is 0 Å². The summed E-state index contributed by atoms with van der Waals surface area (Å²) in [6.45, 7) is 5.71. The van der Waals surface area contributed by atoms with Gasteiger partial charge in [0.05, 0.1) is 0 Å². The van der Waals surface area contributed by atoms with Crippen molar-refractivity contribution < 1.29 is 9.59 Å². The maximum atomic E-state index is 11.9. The second kappa shape index (κ2) is 6.89. The Kier molecular flexibility index (Phi) is 5.19. The molecule has 0 radical (unpaired) electrons. The van der Waals surface area contributed by atoms with Gasteiger partial charge < -0.3 is 15.5 Å². The SMILES string of the molecule is CC1CCCCC1CNC(=O)C(=O)N1CCNCC1. The molecule has 1 saturated heterocycles. The van der Waals surface area contributed by atoms with Gasteiger partial charge in [-0.15, -0.1) is 0 Å². The summed E-state index contributed by atoms with van der Waals surface area (Å²) in [4.78, 5) is 25.4. The van der Waals surface area contributed by atoms with E-state index >= 15 is 0 Å². The lowest BCUT2D eigenvalue weighted by atomic mass is 9.80. The Labute approximate surface area is 115 Å². The van der Waals surface area contributed by atoms with Crippen molar-refractivity contribution in [2.24, 2.45) is 11.8 Å². The number of amides is 2. The molecule has 108 valence electrons. The van der Waals surface area contributed by atoms with Crippen LogP contribution in [0, 0.1) is 11.8 Å². The van der Waals surface area contributed by atoms with Crippen molar-refractivity contribution in [3.05, 3.63) is 0 Å². The third-order valence-corrected chi connectivity index (χ3v) is 4.41. The zero-order valence-corrected chi connectivity index (χ0v) is 11.8. The average molecular weight is 267 g/mol. The molecule has 2 unspecified atom stereocenters. The monoisotopic (exact) mass is 267 g/mol. The van der Waals surface area contributed by atoms with E-state index < -0.39 is 5.91 Å². The molecule has 1 aliphatic heterocycles. The van der Waals surface area contributed by atoms with Crippen LogP contribution >= 0.6 is 0 Å². The van der Waals surface area contributed by atoms with Crippen LogP contribution in [-0.4, -0.2) is 49.4 Å². The second-order valence-corrected chi connectivity index (χ2v) is 5.77. The minimum atomic E-state index is -0.431. The first-order valence-corrected chi connectivity index (χ1v) is 7.46. The van der Waals surface area contributed by atoms with E-state index in [2.05, 4.69) is 17.6 Å². The van der Waals surface area contributed by atoms with E-state index in [1.165, 1.54) is 25.7 Å². The van der Waals surface area contributed by atoms with Crippen LogP contribution in [0.2, 0.25) is 0 Å². The summed E-state index contributed by atoms with van der Waals surface area (Å²) < 4.78 is 0. The van der Waals surface area contributed by atoms with E-state index in [1.807, 2.05) is 0 Å². The Morgan fingerprint density at radius 3 is 2.58 bits per heavy atom. The van der Waals surface area contributed by atoms with Crippen molar-refractivity contribution >= 4 is 11.8 Å². The van der Waals surface area contributed by atoms with E-state index in [0.717, 1.165) is 13.1 Å². The van der Waals surface area contributed by atoms with Crippen molar-refractivity contribution in [3.8, 4) is 0 Å². The summed E-state index contributed by atoms with van der Waals surface area (Å²) in [6.07, 6.45) is 4.96. The second-order valence-electron chi connectivity index (χ2n) is 5.77. The third kappa shape index (κ3) is 3.93. The first-order valence-electron chi connectivity index (χ1n) is 7.46. The van der Waals surface area contributed by atoms with E-state index in [4.69, 9.17) is 0 Å². The van der Waals surface area contributed by atoms with Crippen molar-refractivity contribution in [1.29, 1.82) is 0 Å².